The van der Waals surface area contributed by atoms with Crippen molar-refractivity contribution in [2.24, 2.45) is 0 Å². The van der Waals surface area contributed by atoms with Crippen LogP contribution in [0.1, 0.15) is 6.92 Å². The maximum absolute atomic E-state index is 11.2. The summed E-state index contributed by atoms with van der Waals surface area (Å²) in [5.41, 5.74) is 0. The molecule has 1 aliphatic rings. The average molecular weight is 212 g/mol. The van der Waals surface area contributed by atoms with E-state index in [1.54, 1.807) is 13.0 Å². The van der Waals surface area contributed by atoms with Crippen LogP contribution in [-0.2, 0) is 14.3 Å². The molecule has 1 fully saturated rings. The van der Waals surface area contributed by atoms with E-state index in [1.807, 2.05) is 0 Å². The maximum Gasteiger partial charge on any atom is 0.329 e. The molecule has 1 heterocycles. The van der Waals surface area contributed by atoms with E-state index in [1.165, 1.54) is 6.08 Å². The number of carbonyl (C=O) groups is 2. The number of allylic oxidation sites excluding steroid dienone is 1. The highest BCUT2D eigenvalue weighted by molar-refractivity contribution is 8.05. The Hall–Kier alpha value is -1.48. The van der Waals surface area contributed by atoms with Gasteiger partial charge in [0.1, 0.15) is 0 Å². The van der Waals surface area contributed by atoms with Gasteiger partial charge in [-0.3, -0.25) is 9.59 Å². The normalized spacial score (nSPS) is 23.0. The summed E-state index contributed by atoms with van der Waals surface area (Å²) in [6.45, 7) is 1.90. The number of hydrogen-bond donors (Lipinski definition) is 1. The third-order valence-corrected chi connectivity index (χ3v) is 2.54. The lowest BCUT2D eigenvalue weighted by molar-refractivity contribution is -0.144. The first kappa shape index (κ1) is 10.6. The number of thioether (sulfide) groups is 1. The van der Waals surface area contributed by atoms with Crippen LogP contribution < -0.4 is 5.32 Å². The Morgan fingerprint density at radius 1 is 1.86 bits per heavy atom. The molecular weight excluding hydrogens is 204 g/mol. The predicted octanol–water partition coefficient (Wildman–Crippen LogP) is 0.146. The van der Waals surface area contributed by atoms with Crippen LogP contribution in [0, 0.1) is 11.3 Å². The topological polar surface area (TPSA) is 79.2 Å². The first-order valence-corrected chi connectivity index (χ1v) is 4.81. The van der Waals surface area contributed by atoms with Crippen LogP contribution in [0.4, 0.5) is 0 Å². The van der Waals surface area contributed by atoms with Gasteiger partial charge in [-0.25, -0.2) is 0 Å². The lowest BCUT2D eigenvalue weighted by atomic mass is 10.4. The molecule has 1 atom stereocenters. The van der Waals surface area contributed by atoms with Gasteiger partial charge in [-0.1, -0.05) is 11.8 Å². The number of esters is 1. The highest BCUT2D eigenvalue weighted by Gasteiger charge is 2.36. The summed E-state index contributed by atoms with van der Waals surface area (Å²) >= 11 is 0.995. The van der Waals surface area contributed by atoms with E-state index in [9.17, 15) is 9.59 Å². The van der Waals surface area contributed by atoms with E-state index >= 15 is 0 Å². The minimum atomic E-state index is -0.880. The van der Waals surface area contributed by atoms with Crippen molar-refractivity contribution in [2.75, 3.05) is 6.61 Å². The van der Waals surface area contributed by atoms with Gasteiger partial charge in [0, 0.05) is 6.08 Å². The number of carbonyl (C=O) groups excluding carboxylic acids is 2. The van der Waals surface area contributed by atoms with Crippen molar-refractivity contribution in [2.45, 2.75) is 12.2 Å². The number of rotatable bonds is 2. The van der Waals surface area contributed by atoms with Gasteiger partial charge in [-0.15, -0.1) is 0 Å². The molecule has 0 saturated carbocycles. The first-order valence-electron chi connectivity index (χ1n) is 3.93. The van der Waals surface area contributed by atoms with Gasteiger partial charge in [0.05, 0.1) is 17.7 Å². The van der Waals surface area contributed by atoms with E-state index < -0.39 is 17.1 Å². The van der Waals surface area contributed by atoms with Gasteiger partial charge in [0.25, 0.3) is 0 Å². The Morgan fingerprint density at radius 3 is 3.14 bits per heavy atom. The molecule has 0 aromatic rings. The Balaban J connectivity index is 2.67. The van der Waals surface area contributed by atoms with Crippen molar-refractivity contribution in [1.29, 1.82) is 5.26 Å². The smallest absolute Gasteiger partial charge is 0.329 e. The quantitative estimate of drug-likeness (QED) is 0.400. The zero-order valence-corrected chi connectivity index (χ0v) is 8.26. The number of nitrogens with one attached hydrogen (secondary N) is 1. The number of amides is 1. The van der Waals surface area contributed by atoms with Gasteiger partial charge in [-0.2, -0.15) is 5.26 Å². The molecule has 0 spiro atoms. The third-order valence-electron chi connectivity index (χ3n) is 1.43. The minimum absolute atomic E-state index is 0.237. The summed E-state index contributed by atoms with van der Waals surface area (Å²) in [7, 11) is 0. The van der Waals surface area contributed by atoms with Crippen molar-refractivity contribution in [3.63, 3.8) is 0 Å². The molecule has 1 amide bonds. The zero-order valence-electron chi connectivity index (χ0n) is 7.44. The molecule has 1 aliphatic heterocycles. The number of nitriles is 1. The Kier molecular flexibility index (Phi) is 3.54. The van der Waals surface area contributed by atoms with Crippen LogP contribution in [0.25, 0.3) is 0 Å². The number of nitrogens with zero attached hydrogens (tertiary/aromatic N) is 1. The summed E-state index contributed by atoms with van der Waals surface area (Å²) in [6, 6.07) is 1.77. The number of ether oxygens (including phenoxy) is 1. The zero-order chi connectivity index (χ0) is 10.6. The molecule has 0 aromatic carbocycles. The van der Waals surface area contributed by atoms with Crippen LogP contribution in [0.3, 0.4) is 0 Å². The Bertz CT molecular complexity index is 332. The third kappa shape index (κ3) is 2.26. The molecule has 1 unspecified atom stereocenters. The molecule has 14 heavy (non-hydrogen) atoms. The summed E-state index contributed by atoms with van der Waals surface area (Å²) in [5, 5.41) is 10.2. The summed E-state index contributed by atoms with van der Waals surface area (Å²) in [4.78, 5) is 22.4. The van der Waals surface area contributed by atoms with Crippen LogP contribution in [0.15, 0.2) is 11.1 Å². The van der Waals surface area contributed by atoms with E-state index in [0.717, 1.165) is 11.8 Å². The molecule has 74 valence electrons. The highest BCUT2D eigenvalue weighted by atomic mass is 32.2. The summed E-state index contributed by atoms with van der Waals surface area (Å²) < 4.78 is 4.69. The second-order valence-corrected chi connectivity index (χ2v) is 3.52. The summed E-state index contributed by atoms with van der Waals surface area (Å²) in [5.74, 6) is -1.01. The van der Waals surface area contributed by atoms with E-state index in [0.29, 0.717) is 5.03 Å². The molecule has 1 N–H and O–H groups in total. The molecule has 0 radical (unpaired) electrons. The van der Waals surface area contributed by atoms with E-state index in [-0.39, 0.29) is 6.61 Å². The largest absolute Gasteiger partial charge is 0.465 e. The fourth-order valence-electron chi connectivity index (χ4n) is 0.899. The second kappa shape index (κ2) is 4.67. The van der Waals surface area contributed by atoms with Crippen LogP contribution in [-0.4, -0.2) is 23.7 Å². The van der Waals surface area contributed by atoms with Crippen molar-refractivity contribution in [3.05, 3.63) is 11.1 Å². The molecule has 0 aliphatic carbocycles. The van der Waals surface area contributed by atoms with Crippen LogP contribution >= 0.6 is 11.8 Å². The lowest BCUT2D eigenvalue weighted by Gasteiger charge is -2.03. The van der Waals surface area contributed by atoms with E-state index in [4.69, 9.17) is 10.00 Å². The van der Waals surface area contributed by atoms with E-state index in [2.05, 4.69) is 5.32 Å². The highest BCUT2D eigenvalue weighted by Crippen LogP contribution is 2.27. The molecule has 1 rings (SSSR count). The molecule has 5 nitrogen and oxygen atoms in total. The van der Waals surface area contributed by atoms with Crippen molar-refractivity contribution < 1.29 is 14.3 Å². The van der Waals surface area contributed by atoms with Gasteiger partial charge in [0.2, 0.25) is 5.91 Å². The van der Waals surface area contributed by atoms with Gasteiger partial charge >= 0.3 is 5.97 Å². The standard InChI is InChI=1S/C8H8N2O3S/c1-2-13-8(12)6-7(11)10-5(14-6)3-4-9/h3,6H,2H2,1H3,(H,10,11)/b5-3-. The molecule has 0 aromatic heterocycles. The Morgan fingerprint density at radius 2 is 2.57 bits per heavy atom. The summed E-state index contributed by atoms with van der Waals surface area (Å²) in [6.07, 6.45) is 1.18. The SMILES string of the molecule is CCOC(=O)C1S/C(=C\C#N)NC1=O. The predicted molar refractivity (Wildman–Crippen MR) is 49.9 cm³/mol. The molecule has 6 heteroatoms. The van der Waals surface area contributed by atoms with Crippen molar-refractivity contribution in [3.8, 4) is 6.07 Å². The molecule has 0 bridgehead atoms. The monoisotopic (exact) mass is 212 g/mol. The molecular formula is C8H8N2O3S. The average Bonchev–Trinajstić information content (AvgIpc) is 2.48. The van der Waals surface area contributed by atoms with Crippen molar-refractivity contribution >= 4 is 23.6 Å². The van der Waals surface area contributed by atoms with Crippen molar-refractivity contribution in [1.82, 2.24) is 5.32 Å². The molecule has 1 saturated heterocycles. The fraction of sp³-hybridized carbons (Fsp3) is 0.375. The second-order valence-electron chi connectivity index (χ2n) is 2.38. The van der Waals surface area contributed by atoms with Crippen LogP contribution in [0.5, 0.6) is 0 Å². The first-order chi connectivity index (χ1) is 6.69. The lowest BCUT2D eigenvalue weighted by Crippen LogP contribution is -2.30. The Labute approximate surface area is 85.1 Å². The maximum atomic E-state index is 11.2. The minimum Gasteiger partial charge on any atom is -0.465 e. The van der Waals surface area contributed by atoms with Gasteiger partial charge in [-0.05, 0) is 6.92 Å². The van der Waals surface area contributed by atoms with Crippen LogP contribution in [0.2, 0.25) is 0 Å². The number of hydrogen-bond acceptors (Lipinski definition) is 5. The van der Waals surface area contributed by atoms with Gasteiger partial charge < -0.3 is 10.1 Å². The fourth-order valence-corrected chi connectivity index (χ4v) is 1.76. The van der Waals surface area contributed by atoms with Gasteiger partial charge in [0.15, 0.2) is 5.25 Å².